The number of carbonyl (C=O) groups excluding carboxylic acids is 2. The Balaban J connectivity index is 1.91. The fourth-order valence-electron chi connectivity index (χ4n) is 3.22. The topological polar surface area (TPSA) is 62.6 Å². The van der Waals surface area contributed by atoms with Gasteiger partial charge in [0.1, 0.15) is 11.3 Å². The van der Waals surface area contributed by atoms with Gasteiger partial charge in [-0.3, -0.25) is 15.0 Å². The lowest BCUT2D eigenvalue weighted by atomic mass is 10.0. The first-order valence-electron chi connectivity index (χ1n) is 9.28. The van der Waals surface area contributed by atoms with Crippen molar-refractivity contribution in [2.24, 2.45) is 0 Å². The van der Waals surface area contributed by atoms with Gasteiger partial charge in [0.15, 0.2) is 0 Å². The lowest BCUT2D eigenvalue weighted by Crippen LogP contribution is -2.55. The second kappa shape index (κ2) is 7.15. The summed E-state index contributed by atoms with van der Waals surface area (Å²) in [4.78, 5) is 26.0. The average Bonchev–Trinajstić information content (AvgIpc) is 2.96. The van der Waals surface area contributed by atoms with Crippen molar-refractivity contribution < 1.29 is 14.0 Å². The van der Waals surface area contributed by atoms with E-state index in [2.05, 4.69) is 5.43 Å². The van der Waals surface area contributed by atoms with Gasteiger partial charge in [0.25, 0.3) is 11.8 Å². The van der Waals surface area contributed by atoms with E-state index < -0.39 is 5.54 Å². The van der Waals surface area contributed by atoms with E-state index in [1.165, 1.54) is 5.01 Å². The number of nitrogens with one attached hydrogen (secondary N) is 1. The summed E-state index contributed by atoms with van der Waals surface area (Å²) in [5.74, 6) is 0.181. The van der Waals surface area contributed by atoms with Gasteiger partial charge in [-0.05, 0) is 71.9 Å². The number of nitrogens with zero attached hydrogens (tertiary/aromatic N) is 1. The molecule has 0 unspecified atom stereocenters. The number of rotatable bonds is 2. The van der Waals surface area contributed by atoms with Crippen LogP contribution in [0, 0.1) is 20.8 Å². The van der Waals surface area contributed by atoms with E-state index in [9.17, 15) is 9.59 Å². The molecule has 0 aliphatic heterocycles. The van der Waals surface area contributed by atoms with Gasteiger partial charge in [-0.15, -0.1) is 0 Å². The summed E-state index contributed by atoms with van der Waals surface area (Å²) in [7, 11) is 0. The van der Waals surface area contributed by atoms with Crippen LogP contribution in [0.4, 0.5) is 0 Å². The van der Waals surface area contributed by atoms with Crippen molar-refractivity contribution in [3.63, 3.8) is 0 Å². The Bertz CT molecular complexity index is 1040. The highest BCUT2D eigenvalue weighted by molar-refractivity contribution is 6.01. The molecular formula is C23H26N2O3. The third kappa shape index (κ3) is 4.09. The molecule has 0 saturated heterocycles. The molecule has 3 rings (SSSR count). The van der Waals surface area contributed by atoms with Crippen LogP contribution in [0.15, 0.2) is 46.9 Å². The van der Waals surface area contributed by atoms with E-state index in [4.69, 9.17) is 4.42 Å². The zero-order valence-corrected chi connectivity index (χ0v) is 17.2. The van der Waals surface area contributed by atoms with Gasteiger partial charge in [-0.25, -0.2) is 5.01 Å². The van der Waals surface area contributed by atoms with Crippen molar-refractivity contribution in [1.29, 1.82) is 0 Å². The van der Waals surface area contributed by atoms with E-state index in [0.29, 0.717) is 16.7 Å². The van der Waals surface area contributed by atoms with Crippen molar-refractivity contribution in [2.45, 2.75) is 47.1 Å². The van der Waals surface area contributed by atoms with Crippen LogP contribution in [0.2, 0.25) is 0 Å². The largest absolute Gasteiger partial charge is 0.461 e. The number of aryl methyl sites for hydroxylation is 3. The van der Waals surface area contributed by atoms with Crippen molar-refractivity contribution in [3.05, 3.63) is 70.5 Å². The summed E-state index contributed by atoms with van der Waals surface area (Å²) in [5, 5.41) is 2.33. The number of hydrazine groups is 1. The van der Waals surface area contributed by atoms with Crippen LogP contribution in [-0.2, 0) is 0 Å². The number of carbonyl (C=O) groups is 2. The molecule has 28 heavy (non-hydrogen) atoms. The average molecular weight is 378 g/mol. The van der Waals surface area contributed by atoms with Crippen LogP contribution in [0.5, 0.6) is 0 Å². The first-order chi connectivity index (χ1) is 13.0. The van der Waals surface area contributed by atoms with E-state index >= 15 is 0 Å². The maximum Gasteiger partial charge on any atom is 0.272 e. The quantitative estimate of drug-likeness (QED) is 0.642. The second-order valence-electron chi connectivity index (χ2n) is 8.24. The van der Waals surface area contributed by atoms with Crippen molar-refractivity contribution in [1.82, 2.24) is 10.4 Å². The van der Waals surface area contributed by atoms with Gasteiger partial charge in [-0.2, -0.15) is 0 Å². The summed E-state index contributed by atoms with van der Waals surface area (Å²) < 4.78 is 5.61. The molecule has 1 heterocycles. The van der Waals surface area contributed by atoms with Crippen molar-refractivity contribution >= 4 is 22.8 Å². The molecule has 5 nitrogen and oxygen atoms in total. The first kappa shape index (κ1) is 19.7. The fourth-order valence-corrected chi connectivity index (χ4v) is 3.22. The Morgan fingerprint density at radius 3 is 2.14 bits per heavy atom. The third-order valence-electron chi connectivity index (χ3n) is 4.46. The maximum absolute atomic E-state index is 13.2. The molecule has 0 radical (unpaired) electrons. The Kier molecular flexibility index (Phi) is 5.02. The Labute approximate surface area is 165 Å². The van der Waals surface area contributed by atoms with Gasteiger partial charge in [-0.1, -0.05) is 23.3 Å². The second-order valence-corrected chi connectivity index (χ2v) is 8.24. The third-order valence-corrected chi connectivity index (χ3v) is 4.46. The molecule has 2 amide bonds. The molecule has 1 N–H and O–H groups in total. The molecule has 5 heteroatoms. The molecule has 0 spiro atoms. The molecule has 0 aliphatic carbocycles. The van der Waals surface area contributed by atoms with Crippen molar-refractivity contribution in [3.8, 4) is 0 Å². The first-order valence-corrected chi connectivity index (χ1v) is 9.28. The Morgan fingerprint density at radius 1 is 0.893 bits per heavy atom. The molecule has 1 aromatic heterocycles. The minimum atomic E-state index is -0.601. The summed E-state index contributed by atoms with van der Waals surface area (Å²) >= 11 is 0. The predicted molar refractivity (Wildman–Crippen MR) is 110 cm³/mol. The highest BCUT2D eigenvalue weighted by atomic mass is 16.3. The van der Waals surface area contributed by atoms with E-state index in [1.54, 1.807) is 12.1 Å². The van der Waals surface area contributed by atoms with Gasteiger partial charge < -0.3 is 4.42 Å². The summed E-state index contributed by atoms with van der Waals surface area (Å²) in [5.41, 5.74) is 5.81. The van der Waals surface area contributed by atoms with Crippen LogP contribution in [0.3, 0.4) is 0 Å². The minimum Gasteiger partial charge on any atom is -0.461 e. The normalized spacial score (nSPS) is 11.5. The number of benzene rings is 2. The number of furan rings is 1. The highest BCUT2D eigenvalue weighted by Crippen LogP contribution is 2.21. The zero-order valence-electron chi connectivity index (χ0n) is 17.2. The highest BCUT2D eigenvalue weighted by Gasteiger charge is 2.30. The molecular weight excluding hydrogens is 352 g/mol. The minimum absolute atomic E-state index is 0.248. The molecule has 0 atom stereocenters. The fraction of sp³-hybridized carbons (Fsp3) is 0.304. The monoisotopic (exact) mass is 378 g/mol. The number of hydrogen-bond acceptors (Lipinski definition) is 3. The molecule has 146 valence electrons. The summed E-state index contributed by atoms with van der Waals surface area (Å²) in [6, 6.07) is 12.9. The summed E-state index contributed by atoms with van der Waals surface area (Å²) in [6.45, 7) is 11.4. The van der Waals surface area contributed by atoms with Crippen LogP contribution < -0.4 is 5.43 Å². The zero-order chi connectivity index (χ0) is 20.6. The maximum atomic E-state index is 13.2. The van der Waals surface area contributed by atoms with Crippen LogP contribution >= 0.6 is 0 Å². The van der Waals surface area contributed by atoms with Crippen LogP contribution in [0.25, 0.3) is 11.0 Å². The van der Waals surface area contributed by atoms with Gasteiger partial charge >= 0.3 is 0 Å². The molecule has 0 fully saturated rings. The Hall–Kier alpha value is -3.08. The van der Waals surface area contributed by atoms with Crippen molar-refractivity contribution in [2.75, 3.05) is 0 Å². The van der Waals surface area contributed by atoms with Gasteiger partial charge in [0.2, 0.25) is 0 Å². The van der Waals surface area contributed by atoms with Gasteiger partial charge in [0.05, 0.1) is 5.54 Å². The smallest absolute Gasteiger partial charge is 0.272 e. The molecule has 0 saturated carbocycles. The lowest BCUT2D eigenvalue weighted by molar-refractivity contribution is 0.0358. The van der Waals surface area contributed by atoms with E-state index in [-0.39, 0.29) is 11.8 Å². The summed E-state index contributed by atoms with van der Waals surface area (Å²) in [6.07, 6.45) is 0. The Morgan fingerprint density at radius 2 is 1.54 bits per heavy atom. The molecule has 0 aliphatic rings. The van der Waals surface area contributed by atoms with Gasteiger partial charge in [0, 0.05) is 16.5 Å². The number of fused-ring (bicyclic) bond motifs is 1. The standard InChI is InChI=1S/C23H26N2O3/c1-14-9-15(2)11-19(10-14)22(27)25(23(4,5)6)24-21(26)18-8-7-17-12-16(3)28-20(17)13-18/h7-13H,1-6H3,(H,24,26). The molecule has 0 bridgehead atoms. The van der Waals surface area contributed by atoms with Crippen LogP contribution in [0.1, 0.15) is 58.4 Å². The van der Waals surface area contributed by atoms with E-state index in [0.717, 1.165) is 22.3 Å². The van der Waals surface area contributed by atoms with E-state index in [1.807, 2.05) is 71.9 Å². The molecule has 2 aromatic carbocycles. The molecule has 3 aromatic rings. The number of amides is 2. The predicted octanol–water partition coefficient (Wildman–Crippen LogP) is 4.94. The number of hydrogen-bond donors (Lipinski definition) is 1. The SMILES string of the molecule is Cc1cc(C)cc(C(=O)N(NC(=O)c2ccc3cc(C)oc3c2)C(C)(C)C)c1. The van der Waals surface area contributed by atoms with Crippen LogP contribution in [-0.4, -0.2) is 22.4 Å². The lowest BCUT2D eigenvalue weighted by Gasteiger charge is -2.35.